The number of nitrogens with zero attached hydrogens (tertiary/aromatic N) is 6. The molecular formula is C32H24Cl2N10O12S4. The molecule has 6 aromatic rings. The fourth-order valence-corrected chi connectivity index (χ4v) is 7.83. The van der Waals surface area contributed by atoms with Crippen LogP contribution in [0.2, 0.25) is 10.6 Å². The Morgan fingerprint density at radius 2 is 0.733 bits per heavy atom. The number of nitrogens with one attached hydrogen (secondary N) is 4. The minimum Gasteiger partial charge on any atom is -0.324 e. The van der Waals surface area contributed by atoms with Crippen LogP contribution in [0.1, 0.15) is 11.1 Å². The molecule has 2 heterocycles. The van der Waals surface area contributed by atoms with Gasteiger partial charge in [0.2, 0.25) is 34.4 Å². The average molecular weight is 940 g/mol. The number of hydrogen-bond donors (Lipinski definition) is 8. The summed E-state index contributed by atoms with van der Waals surface area (Å²) in [5, 5.41) is 10.1. The van der Waals surface area contributed by atoms with E-state index in [2.05, 4.69) is 51.2 Å². The number of rotatable bonds is 14. The summed E-state index contributed by atoms with van der Waals surface area (Å²) in [7, 11) is -18.9. The van der Waals surface area contributed by atoms with E-state index in [0.717, 1.165) is 48.6 Å². The van der Waals surface area contributed by atoms with Crippen LogP contribution in [0.25, 0.3) is 12.2 Å². The van der Waals surface area contributed by atoms with E-state index in [-0.39, 0.29) is 68.2 Å². The molecule has 0 spiro atoms. The molecule has 0 aliphatic heterocycles. The highest BCUT2D eigenvalue weighted by molar-refractivity contribution is 7.86. The van der Waals surface area contributed by atoms with Crippen LogP contribution in [0.3, 0.4) is 0 Å². The van der Waals surface area contributed by atoms with Crippen LogP contribution in [0.4, 0.5) is 46.5 Å². The van der Waals surface area contributed by atoms with Gasteiger partial charge in [0.1, 0.15) is 9.79 Å². The van der Waals surface area contributed by atoms with E-state index in [1.807, 2.05) is 0 Å². The molecule has 4 aromatic carbocycles. The van der Waals surface area contributed by atoms with Crippen LogP contribution in [-0.4, -0.2) is 81.8 Å². The first-order chi connectivity index (χ1) is 28.0. The van der Waals surface area contributed by atoms with Crippen LogP contribution in [0, 0.1) is 0 Å². The van der Waals surface area contributed by atoms with Crippen LogP contribution in [0.15, 0.2) is 105 Å². The van der Waals surface area contributed by atoms with Crippen LogP contribution in [-0.2, 0) is 40.5 Å². The van der Waals surface area contributed by atoms with E-state index >= 15 is 0 Å². The summed E-state index contributed by atoms with van der Waals surface area (Å²) >= 11 is 12.1. The topological polar surface area (TPSA) is 343 Å². The predicted molar refractivity (Wildman–Crippen MR) is 217 cm³/mol. The van der Waals surface area contributed by atoms with Gasteiger partial charge in [-0.25, -0.2) is 0 Å². The maximum Gasteiger partial charge on any atom is 0.295 e. The summed E-state index contributed by atoms with van der Waals surface area (Å²) in [6.07, 6.45) is 2.29. The van der Waals surface area contributed by atoms with E-state index in [9.17, 15) is 51.9 Å². The SMILES string of the molecule is O=S(=O)(O)c1cccc(Nc2nc(Cl)nc(Nc3ccc(C=Cc4ccc(Nc5nc(Cl)nc(Nc6cccc(S(=O)(=O)O)c6)n5)cc4S(=O)(=O)O)c(S(=O)(=O)O)c3)n2)c1. The van der Waals surface area contributed by atoms with Gasteiger partial charge in [-0.3, -0.25) is 18.2 Å². The van der Waals surface area contributed by atoms with Crippen LogP contribution in [0.5, 0.6) is 0 Å². The van der Waals surface area contributed by atoms with Gasteiger partial charge in [0.15, 0.2) is 0 Å². The molecule has 0 saturated carbocycles. The number of hydrogen-bond acceptors (Lipinski definition) is 18. The van der Waals surface area contributed by atoms with Gasteiger partial charge in [0, 0.05) is 22.7 Å². The highest BCUT2D eigenvalue weighted by Crippen LogP contribution is 2.29. The van der Waals surface area contributed by atoms with Crippen molar-refractivity contribution in [1.82, 2.24) is 29.9 Å². The van der Waals surface area contributed by atoms with Gasteiger partial charge in [0.05, 0.1) is 9.79 Å². The number of anilines is 8. The molecule has 0 fully saturated rings. The Labute approximate surface area is 349 Å². The quantitative estimate of drug-likeness (QED) is 0.0494. The van der Waals surface area contributed by atoms with Gasteiger partial charge < -0.3 is 21.3 Å². The molecule has 0 saturated heterocycles. The smallest absolute Gasteiger partial charge is 0.295 e. The van der Waals surface area contributed by atoms with Crippen molar-refractivity contribution in [3.8, 4) is 0 Å². The van der Waals surface area contributed by atoms with Gasteiger partial charge in [-0.15, -0.1) is 0 Å². The second-order valence-electron chi connectivity index (χ2n) is 11.8. The fraction of sp³-hybridized carbons (Fsp3) is 0. The number of halogens is 2. The molecule has 0 bridgehead atoms. The third kappa shape index (κ3) is 11.4. The van der Waals surface area contributed by atoms with Gasteiger partial charge in [-0.05, 0) is 95.0 Å². The highest BCUT2D eigenvalue weighted by atomic mass is 35.5. The molecule has 8 N–H and O–H groups in total. The lowest BCUT2D eigenvalue weighted by Crippen LogP contribution is -2.06. The van der Waals surface area contributed by atoms with Crippen molar-refractivity contribution in [2.24, 2.45) is 0 Å². The van der Waals surface area contributed by atoms with Crippen molar-refractivity contribution in [3.05, 3.63) is 107 Å². The molecular weight excluding hydrogens is 916 g/mol. The Balaban J connectivity index is 1.24. The van der Waals surface area contributed by atoms with Gasteiger partial charge in [-0.2, -0.15) is 63.6 Å². The first kappa shape index (κ1) is 43.6. The maximum absolute atomic E-state index is 12.5. The summed E-state index contributed by atoms with van der Waals surface area (Å²) in [6.45, 7) is 0. The predicted octanol–water partition coefficient (Wildman–Crippen LogP) is 5.50. The Bertz CT molecular complexity index is 2950. The molecule has 312 valence electrons. The molecule has 22 nitrogen and oxygen atoms in total. The molecule has 0 atom stereocenters. The maximum atomic E-state index is 12.5. The largest absolute Gasteiger partial charge is 0.324 e. The highest BCUT2D eigenvalue weighted by Gasteiger charge is 2.19. The average Bonchev–Trinajstić information content (AvgIpc) is 3.13. The molecule has 2 aromatic heterocycles. The molecule has 0 unspecified atom stereocenters. The number of benzene rings is 4. The third-order valence-electron chi connectivity index (χ3n) is 7.53. The zero-order chi connectivity index (χ0) is 43.6. The number of aromatic nitrogens is 6. The van der Waals surface area contributed by atoms with E-state index in [4.69, 9.17) is 23.2 Å². The van der Waals surface area contributed by atoms with Gasteiger partial charge >= 0.3 is 0 Å². The van der Waals surface area contributed by atoms with Gasteiger partial charge in [0.25, 0.3) is 40.5 Å². The summed E-state index contributed by atoms with van der Waals surface area (Å²) < 4.78 is 135. The first-order valence-corrected chi connectivity index (χ1v) is 22.5. The van der Waals surface area contributed by atoms with Crippen LogP contribution < -0.4 is 21.3 Å². The fourth-order valence-electron chi connectivity index (χ4n) is 5.03. The summed E-state index contributed by atoms with van der Waals surface area (Å²) in [6, 6.07) is 17.2. The second kappa shape index (κ2) is 17.0. The molecule has 60 heavy (non-hydrogen) atoms. The zero-order valence-corrected chi connectivity index (χ0v) is 34.1. The summed E-state index contributed by atoms with van der Waals surface area (Å²) in [4.78, 5) is 21.7. The van der Waals surface area contributed by atoms with Crippen molar-refractivity contribution >= 4 is 122 Å². The first-order valence-electron chi connectivity index (χ1n) is 16.0. The van der Waals surface area contributed by atoms with E-state index < -0.39 is 60.1 Å². The molecule has 0 amide bonds. The second-order valence-corrected chi connectivity index (χ2v) is 18.1. The standard InChI is InChI=1S/C32H24Cl2N10O12S4/c33-27-39-29(35-19-3-1-5-23(13-19)57(45,46)47)43-31(41-27)37-21-11-9-17(25(15-21)59(51,52)53)7-8-18-10-12-22(16-26(18)60(54,55)56)38-32-42-28(34)40-30(44-32)36-20-4-2-6-24(14-20)58(48,49)50/h1-16H,(H,45,46,47)(H,48,49,50)(H,51,52,53)(H,54,55,56)(H2,35,37,39,41,43)(H2,36,38,40,42,44). The van der Waals surface area contributed by atoms with Crippen molar-refractivity contribution < 1.29 is 51.9 Å². The van der Waals surface area contributed by atoms with Crippen molar-refractivity contribution in [1.29, 1.82) is 0 Å². The summed E-state index contributed by atoms with van der Waals surface area (Å²) in [5.74, 6) is -0.818. The molecule has 0 aliphatic rings. The Morgan fingerprint density at radius 3 is 1.03 bits per heavy atom. The zero-order valence-electron chi connectivity index (χ0n) is 29.4. The Kier molecular flexibility index (Phi) is 12.3. The lowest BCUT2D eigenvalue weighted by molar-refractivity contribution is 0.480. The van der Waals surface area contributed by atoms with Crippen molar-refractivity contribution in [2.45, 2.75) is 19.6 Å². The van der Waals surface area contributed by atoms with Crippen molar-refractivity contribution in [3.63, 3.8) is 0 Å². The third-order valence-corrected chi connectivity index (χ3v) is 11.4. The minimum absolute atomic E-state index is 0.0128. The van der Waals surface area contributed by atoms with Crippen LogP contribution >= 0.6 is 23.2 Å². The molecule has 0 aliphatic carbocycles. The molecule has 28 heteroatoms. The van der Waals surface area contributed by atoms with Crippen molar-refractivity contribution in [2.75, 3.05) is 21.3 Å². The lowest BCUT2D eigenvalue weighted by atomic mass is 10.1. The summed E-state index contributed by atoms with van der Waals surface area (Å²) in [5.41, 5.74) is 0.0456. The molecule has 6 rings (SSSR count). The minimum atomic E-state index is -4.94. The Hall–Kier alpha value is -5.94. The normalized spacial score (nSPS) is 12.3. The monoisotopic (exact) mass is 938 g/mol. The van der Waals surface area contributed by atoms with Gasteiger partial charge in [-0.1, -0.05) is 36.4 Å². The lowest BCUT2D eigenvalue weighted by Gasteiger charge is -2.12. The van der Waals surface area contributed by atoms with E-state index in [1.54, 1.807) is 0 Å². The van der Waals surface area contributed by atoms with E-state index in [1.165, 1.54) is 48.5 Å². The Morgan fingerprint density at radius 1 is 0.417 bits per heavy atom. The van der Waals surface area contributed by atoms with E-state index in [0.29, 0.717) is 0 Å². The molecule has 0 radical (unpaired) electrons.